The molecule has 1 unspecified atom stereocenters. The monoisotopic (exact) mass is 252 g/mol. The zero-order valence-corrected chi connectivity index (χ0v) is 11.6. The zero-order valence-electron chi connectivity index (χ0n) is 11.6. The highest BCUT2D eigenvalue weighted by atomic mass is 15.3. The smallest absolute Gasteiger partial charge is 0.239 e. The summed E-state index contributed by atoms with van der Waals surface area (Å²) in [5.74, 6) is 7.16. The Labute approximate surface area is 109 Å². The van der Waals surface area contributed by atoms with Crippen molar-refractivity contribution in [2.24, 2.45) is 11.8 Å². The summed E-state index contributed by atoms with van der Waals surface area (Å²) >= 11 is 0. The first-order chi connectivity index (χ1) is 8.51. The summed E-state index contributed by atoms with van der Waals surface area (Å²) in [7, 11) is 4.14. The lowest BCUT2D eigenvalue weighted by Gasteiger charge is -2.24. The molecule has 6 heteroatoms. The maximum atomic E-state index is 5.30. The predicted octanol–water partition coefficient (Wildman–Crippen LogP) is 1.15. The van der Waals surface area contributed by atoms with Gasteiger partial charge in [0.1, 0.15) is 5.82 Å². The van der Waals surface area contributed by atoms with Crippen molar-refractivity contribution >= 4 is 11.8 Å². The van der Waals surface area contributed by atoms with Crippen LogP contribution in [-0.2, 0) is 0 Å². The second kappa shape index (κ2) is 7.13. The molecule has 1 heterocycles. The van der Waals surface area contributed by atoms with Crippen molar-refractivity contribution in [2.45, 2.75) is 26.3 Å². The molecule has 0 aliphatic heterocycles. The first-order valence-electron chi connectivity index (χ1n) is 6.22. The van der Waals surface area contributed by atoms with E-state index in [0.717, 1.165) is 18.8 Å². The van der Waals surface area contributed by atoms with Gasteiger partial charge in [-0.05, 0) is 32.5 Å². The van der Waals surface area contributed by atoms with Crippen LogP contribution in [0.4, 0.5) is 11.8 Å². The number of nitrogens with one attached hydrogen (secondary N) is 2. The van der Waals surface area contributed by atoms with Crippen LogP contribution in [-0.4, -0.2) is 41.5 Å². The van der Waals surface area contributed by atoms with Crippen molar-refractivity contribution < 1.29 is 0 Å². The van der Waals surface area contributed by atoms with E-state index < -0.39 is 0 Å². The Bertz CT molecular complexity index is 342. The van der Waals surface area contributed by atoms with Gasteiger partial charge in [-0.25, -0.2) is 10.8 Å². The number of nitrogens with zero attached hydrogens (tertiary/aromatic N) is 3. The van der Waals surface area contributed by atoms with Crippen LogP contribution < -0.4 is 16.6 Å². The Morgan fingerprint density at radius 1 is 1.39 bits per heavy atom. The summed E-state index contributed by atoms with van der Waals surface area (Å²) in [6, 6.07) is 2.21. The van der Waals surface area contributed by atoms with Crippen LogP contribution in [0.1, 0.15) is 20.3 Å². The first kappa shape index (κ1) is 14.7. The minimum absolute atomic E-state index is 0.362. The average Bonchev–Trinajstić information content (AvgIpc) is 2.27. The maximum absolute atomic E-state index is 5.30. The van der Waals surface area contributed by atoms with Crippen LogP contribution in [0.3, 0.4) is 0 Å². The van der Waals surface area contributed by atoms with Crippen LogP contribution in [0.2, 0.25) is 0 Å². The average molecular weight is 252 g/mol. The lowest BCUT2D eigenvalue weighted by atomic mass is 10.0. The number of nitrogens with two attached hydrogens (primary N) is 1. The molecule has 0 amide bonds. The van der Waals surface area contributed by atoms with Gasteiger partial charge in [0.2, 0.25) is 5.95 Å². The molecule has 1 atom stereocenters. The van der Waals surface area contributed by atoms with E-state index in [0.29, 0.717) is 17.9 Å². The van der Waals surface area contributed by atoms with E-state index in [1.807, 2.05) is 6.07 Å². The lowest BCUT2D eigenvalue weighted by Crippen LogP contribution is -2.33. The molecule has 1 aromatic rings. The van der Waals surface area contributed by atoms with Crippen LogP contribution >= 0.6 is 0 Å². The normalized spacial score (nSPS) is 12.8. The van der Waals surface area contributed by atoms with E-state index in [2.05, 4.69) is 53.6 Å². The molecule has 0 bridgehead atoms. The van der Waals surface area contributed by atoms with Gasteiger partial charge in [0.25, 0.3) is 0 Å². The van der Waals surface area contributed by atoms with Gasteiger partial charge < -0.3 is 10.2 Å². The molecular weight excluding hydrogens is 228 g/mol. The minimum atomic E-state index is 0.362. The molecule has 1 rings (SSSR count). The molecule has 0 fully saturated rings. The van der Waals surface area contributed by atoms with Crippen LogP contribution in [0.15, 0.2) is 12.3 Å². The van der Waals surface area contributed by atoms with Crippen molar-refractivity contribution in [1.82, 2.24) is 14.9 Å². The van der Waals surface area contributed by atoms with Crippen LogP contribution in [0.25, 0.3) is 0 Å². The van der Waals surface area contributed by atoms with Crippen molar-refractivity contribution in [1.29, 1.82) is 0 Å². The summed E-state index contributed by atoms with van der Waals surface area (Å²) < 4.78 is 0. The maximum Gasteiger partial charge on any atom is 0.239 e. The van der Waals surface area contributed by atoms with Crippen molar-refractivity contribution in [3.05, 3.63) is 12.3 Å². The molecule has 0 aromatic carbocycles. The predicted molar refractivity (Wildman–Crippen MR) is 75.3 cm³/mol. The van der Waals surface area contributed by atoms with E-state index in [-0.39, 0.29) is 0 Å². The van der Waals surface area contributed by atoms with Gasteiger partial charge in [0.15, 0.2) is 0 Å². The molecule has 4 N–H and O–H groups in total. The Balaban J connectivity index is 2.68. The Kier molecular flexibility index (Phi) is 5.80. The summed E-state index contributed by atoms with van der Waals surface area (Å²) in [4.78, 5) is 10.4. The summed E-state index contributed by atoms with van der Waals surface area (Å²) in [5.41, 5.74) is 2.45. The van der Waals surface area contributed by atoms with E-state index in [9.17, 15) is 0 Å². The highest BCUT2D eigenvalue weighted by molar-refractivity contribution is 5.39. The largest absolute Gasteiger partial charge is 0.366 e. The lowest BCUT2D eigenvalue weighted by molar-refractivity contribution is 0.356. The highest BCUT2D eigenvalue weighted by Gasteiger charge is 2.12. The molecule has 0 saturated carbocycles. The number of hydrazine groups is 1. The topological polar surface area (TPSA) is 79.1 Å². The summed E-state index contributed by atoms with van der Waals surface area (Å²) in [5, 5.41) is 3.43. The van der Waals surface area contributed by atoms with E-state index in [1.54, 1.807) is 6.20 Å². The number of hydrogen-bond donors (Lipinski definition) is 3. The number of aromatic nitrogens is 2. The molecule has 18 heavy (non-hydrogen) atoms. The van der Waals surface area contributed by atoms with E-state index in [4.69, 9.17) is 5.84 Å². The fraction of sp³-hybridized carbons (Fsp3) is 0.667. The van der Waals surface area contributed by atoms with Gasteiger partial charge in [-0.1, -0.05) is 13.8 Å². The van der Waals surface area contributed by atoms with Crippen molar-refractivity contribution in [3.63, 3.8) is 0 Å². The summed E-state index contributed by atoms with van der Waals surface area (Å²) in [6.07, 6.45) is 2.78. The standard InChI is InChI=1S/C12H24N6/c1-9(2)7-10(8-18(3)4)15-11-5-6-14-12(16-11)17-13/h5-6,9-10H,7-8,13H2,1-4H3,(H2,14,15,16,17). The quantitative estimate of drug-likeness (QED) is 0.499. The molecule has 6 nitrogen and oxygen atoms in total. The fourth-order valence-electron chi connectivity index (χ4n) is 1.91. The molecule has 0 spiro atoms. The second-order valence-electron chi connectivity index (χ2n) is 5.14. The van der Waals surface area contributed by atoms with Gasteiger partial charge in [0, 0.05) is 18.8 Å². The second-order valence-corrected chi connectivity index (χ2v) is 5.14. The van der Waals surface area contributed by atoms with Crippen molar-refractivity contribution in [3.8, 4) is 0 Å². The number of nitrogen functional groups attached to an aromatic ring is 1. The SMILES string of the molecule is CC(C)CC(CN(C)C)Nc1ccnc(NN)n1. The summed E-state index contributed by atoms with van der Waals surface area (Å²) in [6.45, 7) is 5.40. The zero-order chi connectivity index (χ0) is 13.5. The fourth-order valence-corrected chi connectivity index (χ4v) is 1.91. The number of rotatable bonds is 7. The molecule has 1 aromatic heterocycles. The number of anilines is 2. The van der Waals surface area contributed by atoms with Gasteiger partial charge in [0.05, 0.1) is 0 Å². The first-order valence-corrected chi connectivity index (χ1v) is 6.22. The number of likely N-dealkylation sites (N-methyl/N-ethyl adjacent to an activating group) is 1. The number of hydrogen-bond acceptors (Lipinski definition) is 6. The Morgan fingerprint density at radius 3 is 2.67 bits per heavy atom. The molecular formula is C12H24N6. The van der Waals surface area contributed by atoms with Crippen LogP contribution in [0, 0.1) is 5.92 Å². The van der Waals surface area contributed by atoms with Crippen LogP contribution in [0.5, 0.6) is 0 Å². The Hall–Kier alpha value is -1.40. The van der Waals surface area contributed by atoms with Gasteiger partial charge in [-0.15, -0.1) is 0 Å². The van der Waals surface area contributed by atoms with Gasteiger partial charge in [-0.2, -0.15) is 4.98 Å². The van der Waals surface area contributed by atoms with Gasteiger partial charge >= 0.3 is 0 Å². The molecule has 0 aliphatic carbocycles. The van der Waals surface area contributed by atoms with E-state index in [1.165, 1.54) is 0 Å². The third kappa shape index (κ3) is 5.29. The minimum Gasteiger partial charge on any atom is -0.366 e. The van der Waals surface area contributed by atoms with Crippen molar-refractivity contribution in [2.75, 3.05) is 31.4 Å². The molecule has 0 saturated heterocycles. The molecule has 102 valence electrons. The third-order valence-corrected chi connectivity index (χ3v) is 2.48. The van der Waals surface area contributed by atoms with E-state index >= 15 is 0 Å². The third-order valence-electron chi connectivity index (χ3n) is 2.48. The van der Waals surface area contributed by atoms with Gasteiger partial charge in [-0.3, -0.25) is 5.43 Å². The Morgan fingerprint density at radius 2 is 2.11 bits per heavy atom. The molecule has 0 radical (unpaired) electrons. The molecule has 0 aliphatic rings. The highest BCUT2D eigenvalue weighted by Crippen LogP contribution is 2.12.